The van der Waals surface area contributed by atoms with Gasteiger partial charge in [-0.15, -0.1) is 11.5 Å². The first kappa shape index (κ1) is 10.2. The van der Waals surface area contributed by atoms with Crippen LogP contribution in [-0.4, -0.2) is 27.3 Å². The highest BCUT2D eigenvalue weighted by Crippen LogP contribution is 2.19. The molecule has 0 N–H and O–H groups in total. The van der Waals surface area contributed by atoms with Crippen LogP contribution in [0, 0.1) is 12.3 Å². The first-order chi connectivity index (χ1) is 7.85. The molecule has 16 heavy (non-hydrogen) atoms. The van der Waals surface area contributed by atoms with E-state index in [9.17, 15) is 0 Å². The average molecular weight is 214 g/mol. The number of terminal acetylenes is 1. The molecule has 0 spiro atoms. The van der Waals surface area contributed by atoms with E-state index in [0.29, 0.717) is 12.4 Å². The quantitative estimate of drug-likeness (QED) is 0.715. The first-order valence-corrected chi connectivity index (χ1v) is 4.69. The molecular formula is C11H10N4O. The van der Waals surface area contributed by atoms with Gasteiger partial charge in [0.05, 0.1) is 7.11 Å². The molecule has 0 fully saturated rings. The predicted octanol–water partition coefficient (Wildman–Crippen LogP) is 0.982. The molecule has 0 saturated carbocycles. The summed E-state index contributed by atoms with van der Waals surface area (Å²) in [5.74, 6) is 3.94. The minimum absolute atomic E-state index is 0.356. The molecule has 5 heteroatoms. The third kappa shape index (κ3) is 1.86. The predicted molar refractivity (Wildman–Crippen MR) is 58.6 cm³/mol. The largest absolute Gasteiger partial charge is 0.497 e. The molecule has 0 unspecified atom stereocenters. The summed E-state index contributed by atoms with van der Waals surface area (Å²) in [4.78, 5) is 0. The summed E-state index contributed by atoms with van der Waals surface area (Å²) >= 11 is 0. The third-order valence-corrected chi connectivity index (χ3v) is 2.12. The summed E-state index contributed by atoms with van der Waals surface area (Å²) in [7, 11) is 1.62. The summed E-state index contributed by atoms with van der Waals surface area (Å²) < 4.78 is 6.64. The number of aromatic nitrogens is 4. The molecule has 1 aromatic carbocycles. The van der Waals surface area contributed by atoms with Crippen molar-refractivity contribution in [2.45, 2.75) is 6.54 Å². The fraction of sp³-hybridized carbons (Fsp3) is 0.182. The number of nitrogens with zero attached hydrogens (tertiary/aromatic N) is 4. The van der Waals surface area contributed by atoms with Crippen molar-refractivity contribution < 1.29 is 4.74 Å². The van der Waals surface area contributed by atoms with Crippen LogP contribution in [-0.2, 0) is 6.54 Å². The Morgan fingerprint density at radius 1 is 1.38 bits per heavy atom. The van der Waals surface area contributed by atoms with Gasteiger partial charge in [-0.25, -0.2) is 4.68 Å². The second kappa shape index (κ2) is 4.45. The van der Waals surface area contributed by atoms with Crippen molar-refractivity contribution >= 4 is 0 Å². The van der Waals surface area contributed by atoms with Crippen LogP contribution in [0.25, 0.3) is 11.4 Å². The maximum absolute atomic E-state index is 5.23. The smallest absolute Gasteiger partial charge is 0.182 e. The number of methoxy groups -OCH3 is 1. The standard InChI is InChI=1S/C11H10N4O/c1-3-8-15-11(12-13-14-15)9-4-6-10(16-2)7-5-9/h1,4-7H,8H2,2H3. The maximum atomic E-state index is 5.23. The Balaban J connectivity index is 2.35. The Bertz CT molecular complexity index is 510. The molecular weight excluding hydrogens is 204 g/mol. The molecule has 0 aliphatic carbocycles. The van der Waals surface area contributed by atoms with Crippen molar-refractivity contribution in [3.8, 4) is 29.5 Å². The van der Waals surface area contributed by atoms with E-state index >= 15 is 0 Å². The molecule has 1 heterocycles. The molecule has 0 saturated heterocycles. The van der Waals surface area contributed by atoms with E-state index in [0.717, 1.165) is 11.3 Å². The van der Waals surface area contributed by atoms with Crippen LogP contribution in [0.3, 0.4) is 0 Å². The van der Waals surface area contributed by atoms with E-state index in [-0.39, 0.29) is 0 Å². The molecule has 80 valence electrons. The Hall–Kier alpha value is -2.35. The molecule has 2 rings (SSSR count). The molecule has 0 aliphatic rings. The highest BCUT2D eigenvalue weighted by Gasteiger charge is 2.07. The lowest BCUT2D eigenvalue weighted by Crippen LogP contribution is -2.00. The monoisotopic (exact) mass is 214 g/mol. The van der Waals surface area contributed by atoms with Crippen LogP contribution in [0.5, 0.6) is 5.75 Å². The lowest BCUT2D eigenvalue weighted by atomic mass is 10.2. The molecule has 0 atom stereocenters. The topological polar surface area (TPSA) is 52.8 Å². The molecule has 0 bridgehead atoms. The van der Waals surface area contributed by atoms with Crippen molar-refractivity contribution in [3.05, 3.63) is 24.3 Å². The molecule has 1 aromatic heterocycles. The van der Waals surface area contributed by atoms with Gasteiger partial charge >= 0.3 is 0 Å². The summed E-state index contributed by atoms with van der Waals surface area (Å²) in [5.41, 5.74) is 0.904. The summed E-state index contributed by atoms with van der Waals surface area (Å²) in [6.45, 7) is 0.356. The minimum atomic E-state index is 0.356. The lowest BCUT2D eigenvalue weighted by molar-refractivity contribution is 0.415. The van der Waals surface area contributed by atoms with Gasteiger partial charge in [-0.2, -0.15) is 0 Å². The molecule has 2 aromatic rings. The fourth-order valence-corrected chi connectivity index (χ4v) is 1.34. The summed E-state index contributed by atoms with van der Waals surface area (Å²) in [6, 6.07) is 7.48. The van der Waals surface area contributed by atoms with Crippen molar-refractivity contribution in [2.24, 2.45) is 0 Å². The maximum Gasteiger partial charge on any atom is 0.182 e. The number of tetrazole rings is 1. The van der Waals surface area contributed by atoms with Gasteiger partial charge in [0, 0.05) is 5.56 Å². The van der Waals surface area contributed by atoms with E-state index in [1.807, 2.05) is 24.3 Å². The summed E-state index contributed by atoms with van der Waals surface area (Å²) in [6.07, 6.45) is 5.23. The highest BCUT2D eigenvalue weighted by molar-refractivity contribution is 5.55. The third-order valence-electron chi connectivity index (χ3n) is 2.12. The van der Waals surface area contributed by atoms with Crippen molar-refractivity contribution in [2.75, 3.05) is 7.11 Å². The van der Waals surface area contributed by atoms with Crippen LogP contribution in [0.1, 0.15) is 0 Å². The van der Waals surface area contributed by atoms with Gasteiger partial charge in [0.15, 0.2) is 5.82 Å². The molecule has 0 radical (unpaired) electrons. The first-order valence-electron chi connectivity index (χ1n) is 4.69. The van der Waals surface area contributed by atoms with Crippen molar-refractivity contribution in [1.82, 2.24) is 20.2 Å². The van der Waals surface area contributed by atoms with E-state index < -0.39 is 0 Å². The zero-order valence-electron chi connectivity index (χ0n) is 8.79. The number of hydrogen-bond donors (Lipinski definition) is 0. The van der Waals surface area contributed by atoms with Gasteiger partial charge in [0.2, 0.25) is 0 Å². The van der Waals surface area contributed by atoms with Crippen LogP contribution >= 0.6 is 0 Å². The van der Waals surface area contributed by atoms with Gasteiger partial charge in [-0.1, -0.05) is 5.92 Å². The minimum Gasteiger partial charge on any atom is -0.497 e. The highest BCUT2D eigenvalue weighted by atomic mass is 16.5. The van der Waals surface area contributed by atoms with Gasteiger partial charge in [0.25, 0.3) is 0 Å². The van der Waals surface area contributed by atoms with Gasteiger partial charge in [-0.05, 0) is 34.7 Å². The Labute approximate surface area is 93.0 Å². The van der Waals surface area contributed by atoms with E-state index in [4.69, 9.17) is 11.2 Å². The van der Waals surface area contributed by atoms with Gasteiger partial charge in [0.1, 0.15) is 12.3 Å². The zero-order valence-corrected chi connectivity index (χ0v) is 8.79. The van der Waals surface area contributed by atoms with Crippen LogP contribution in [0.4, 0.5) is 0 Å². The molecule has 5 nitrogen and oxygen atoms in total. The zero-order chi connectivity index (χ0) is 11.4. The lowest BCUT2D eigenvalue weighted by Gasteiger charge is -2.02. The van der Waals surface area contributed by atoms with E-state index in [2.05, 4.69) is 21.4 Å². The SMILES string of the molecule is C#CCn1nnnc1-c1ccc(OC)cc1. The Kier molecular flexibility index (Phi) is 2.83. The second-order valence-electron chi connectivity index (χ2n) is 3.09. The fourth-order valence-electron chi connectivity index (χ4n) is 1.34. The van der Waals surface area contributed by atoms with Gasteiger partial charge < -0.3 is 4.74 Å². The Morgan fingerprint density at radius 3 is 2.75 bits per heavy atom. The van der Waals surface area contributed by atoms with Crippen molar-refractivity contribution in [3.63, 3.8) is 0 Å². The average Bonchev–Trinajstić information content (AvgIpc) is 2.78. The van der Waals surface area contributed by atoms with Crippen LogP contribution in [0.2, 0.25) is 0 Å². The number of hydrogen-bond acceptors (Lipinski definition) is 4. The summed E-state index contributed by atoms with van der Waals surface area (Å²) in [5, 5.41) is 11.3. The van der Waals surface area contributed by atoms with E-state index in [1.165, 1.54) is 0 Å². The van der Waals surface area contributed by atoms with Crippen molar-refractivity contribution in [1.29, 1.82) is 0 Å². The Morgan fingerprint density at radius 2 is 2.12 bits per heavy atom. The van der Waals surface area contributed by atoms with Crippen LogP contribution in [0.15, 0.2) is 24.3 Å². The van der Waals surface area contributed by atoms with Crippen LogP contribution < -0.4 is 4.74 Å². The van der Waals surface area contributed by atoms with Gasteiger partial charge in [-0.3, -0.25) is 0 Å². The number of rotatable bonds is 3. The number of benzene rings is 1. The molecule has 0 amide bonds. The second-order valence-corrected chi connectivity index (χ2v) is 3.09. The molecule has 0 aliphatic heterocycles. The van der Waals surface area contributed by atoms with E-state index in [1.54, 1.807) is 11.8 Å². The normalized spacial score (nSPS) is 9.75. The number of ether oxygens (including phenoxy) is 1.